The van der Waals surface area contributed by atoms with Crippen LogP contribution in [0.2, 0.25) is 5.02 Å². The van der Waals surface area contributed by atoms with Crippen LogP contribution < -0.4 is 15.1 Å². The second-order valence-corrected chi connectivity index (χ2v) is 6.70. The van der Waals surface area contributed by atoms with Crippen LogP contribution in [0.25, 0.3) is 0 Å². The number of hydrogen-bond acceptors (Lipinski definition) is 2. The molecule has 1 fully saturated rings. The number of nitrogens with one attached hydrogen (secondary N) is 2. The van der Waals surface area contributed by atoms with Gasteiger partial charge >= 0.3 is 0 Å². The van der Waals surface area contributed by atoms with E-state index in [2.05, 4.69) is 41.4 Å². The quantitative estimate of drug-likeness (QED) is 0.890. The molecule has 4 nitrogen and oxygen atoms in total. The van der Waals surface area contributed by atoms with Gasteiger partial charge in [0.2, 0.25) is 0 Å². The Bertz CT molecular complexity index is 711. The van der Waals surface area contributed by atoms with Gasteiger partial charge in [0.25, 0.3) is 5.91 Å². The summed E-state index contributed by atoms with van der Waals surface area (Å²) in [6.45, 7) is 6.53. The number of piperazine rings is 1. The van der Waals surface area contributed by atoms with Crippen molar-refractivity contribution >= 4 is 28.9 Å². The van der Waals surface area contributed by atoms with Crippen molar-refractivity contribution in [1.29, 1.82) is 0 Å². The highest BCUT2D eigenvalue weighted by atomic mass is 35.5. The Labute approximate surface area is 148 Å². The molecule has 0 atom stereocenters. The summed E-state index contributed by atoms with van der Waals surface area (Å²) in [7, 11) is 0. The molecule has 0 aromatic heterocycles. The summed E-state index contributed by atoms with van der Waals surface area (Å²) in [5.41, 5.74) is 3.37. The summed E-state index contributed by atoms with van der Waals surface area (Å²) in [5, 5.41) is 3.56. The number of quaternary nitrogens is 1. The van der Waals surface area contributed by atoms with Gasteiger partial charge in [-0.05, 0) is 36.8 Å². The Morgan fingerprint density at radius 3 is 2.62 bits per heavy atom. The summed E-state index contributed by atoms with van der Waals surface area (Å²) in [6, 6.07) is 15.7. The molecule has 1 amide bonds. The van der Waals surface area contributed by atoms with Crippen molar-refractivity contribution in [3.63, 3.8) is 0 Å². The molecule has 0 saturated carbocycles. The van der Waals surface area contributed by atoms with Gasteiger partial charge in [-0.2, -0.15) is 0 Å². The zero-order chi connectivity index (χ0) is 16.9. The molecule has 2 aromatic rings. The number of amides is 1. The molecular weight excluding hydrogens is 322 g/mol. The average molecular weight is 345 g/mol. The van der Waals surface area contributed by atoms with Gasteiger partial charge in [-0.3, -0.25) is 4.79 Å². The van der Waals surface area contributed by atoms with Crippen molar-refractivity contribution in [3.8, 4) is 0 Å². The fraction of sp³-hybridized carbons (Fsp3) is 0.316. The van der Waals surface area contributed by atoms with E-state index in [-0.39, 0.29) is 5.91 Å². The first kappa shape index (κ1) is 16.8. The molecule has 2 N–H and O–H groups in total. The lowest BCUT2D eigenvalue weighted by Crippen LogP contribution is -3.15. The number of hydrogen-bond donors (Lipinski definition) is 2. The van der Waals surface area contributed by atoms with Crippen LogP contribution in [0, 0.1) is 6.92 Å². The first-order valence-corrected chi connectivity index (χ1v) is 8.69. The molecule has 3 rings (SSSR count). The van der Waals surface area contributed by atoms with Crippen molar-refractivity contribution in [1.82, 2.24) is 0 Å². The van der Waals surface area contributed by atoms with Crippen molar-refractivity contribution < 1.29 is 9.69 Å². The highest BCUT2D eigenvalue weighted by Crippen LogP contribution is 2.19. The second kappa shape index (κ2) is 7.69. The molecule has 126 valence electrons. The number of halogens is 1. The lowest BCUT2D eigenvalue weighted by atomic mass is 10.1. The summed E-state index contributed by atoms with van der Waals surface area (Å²) in [4.78, 5) is 15.9. The van der Waals surface area contributed by atoms with Crippen LogP contribution >= 0.6 is 11.6 Å². The minimum atomic E-state index is 0.0385. The summed E-state index contributed by atoms with van der Waals surface area (Å²) < 4.78 is 0. The molecule has 5 heteroatoms. The van der Waals surface area contributed by atoms with Gasteiger partial charge in [-0.1, -0.05) is 35.9 Å². The van der Waals surface area contributed by atoms with Crippen LogP contribution in [0.4, 0.5) is 11.4 Å². The molecule has 2 aromatic carbocycles. The fourth-order valence-corrected chi connectivity index (χ4v) is 3.35. The Balaban J connectivity index is 1.50. The highest BCUT2D eigenvalue weighted by Gasteiger charge is 2.23. The Morgan fingerprint density at radius 2 is 1.92 bits per heavy atom. The molecule has 0 bridgehead atoms. The Hall–Kier alpha value is -2.04. The van der Waals surface area contributed by atoms with Gasteiger partial charge in [-0.15, -0.1) is 0 Å². The number of para-hydroxylation sites is 1. The molecule has 1 heterocycles. The van der Waals surface area contributed by atoms with E-state index in [0.29, 0.717) is 11.6 Å². The number of anilines is 2. The molecule has 1 aliphatic rings. The smallest absolute Gasteiger partial charge is 0.279 e. The normalized spacial score (nSPS) is 15.3. The molecular formula is C19H23ClN3O+. The fourth-order valence-electron chi connectivity index (χ4n) is 3.16. The maximum atomic E-state index is 12.2. The topological polar surface area (TPSA) is 36.8 Å². The molecule has 24 heavy (non-hydrogen) atoms. The minimum absolute atomic E-state index is 0.0385. The summed E-state index contributed by atoms with van der Waals surface area (Å²) in [5.74, 6) is 0.0385. The van der Waals surface area contributed by atoms with E-state index in [1.54, 1.807) is 12.1 Å². The molecule has 1 saturated heterocycles. The lowest BCUT2D eigenvalue weighted by molar-refractivity contribution is -0.892. The zero-order valence-electron chi connectivity index (χ0n) is 13.9. The number of nitrogens with zero attached hydrogens (tertiary/aromatic N) is 1. The van der Waals surface area contributed by atoms with Gasteiger partial charge in [0.15, 0.2) is 6.54 Å². The van der Waals surface area contributed by atoms with E-state index in [9.17, 15) is 4.79 Å². The van der Waals surface area contributed by atoms with Crippen LogP contribution in [-0.2, 0) is 4.79 Å². The summed E-state index contributed by atoms with van der Waals surface area (Å²) >= 11 is 5.95. The third kappa shape index (κ3) is 4.28. The van der Waals surface area contributed by atoms with Gasteiger partial charge in [-0.25, -0.2) is 0 Å². The monoisotopic (exact) mass is 344 g/mol. The van der Waals surface area contributed by atoms with Crippen LogP contribution in [-0.4, -0.2) is 38.6 Å². The number of carbonyl (C=O) groups excluding carboxylic acids is 1. The maximum Gasteiger partial charge on any atom is 0.279 e. The molecule has 0 aliphatic carbocycles. The highest BCUT2D eigenvalue weighted by molar-refractivity contribution is 6.30. The first-order valence-electron chi connectivity index (χ1n) is 8.31. The average Bonchev–Trinajstić information content (AvgIpc) is 2.56. The third-order valence-electron chi connectivity index (χ3n) is 4.45. The van der Waals surface area contributed by atoms with E-state index >= 15 is 0 Å². The minimum Gasteiger partial charge on any atom is -0.360 e. The number of carbonyl (C=O) groups is 1. The summed E-state index contributed by atoms with van der Waals surface area (Å²) in [6.07, 6.45) is 0. The Morgan fingerprint density at radius 1 is 1.17 bits per heavy atom. The number of benzene rings is 2. The van der Waals surface area contributed by atoms with Crippen LogP contribution in [0.3, 0.4) is 0 Å². The second-order valence-electron chi connectivity index (χ2n) is 6.26. The van der Waals surface area contributed by atoms with Crippen molar-refractivity contribution in [3.05, 3.63) is 59.1 Å². The predicted octanol–water partition coefficient (Wildman–Crippen LogP) is 1.99. The molecule has 0 unspecified atom stereocenters. The Kier molecular flexibility index (Phi) is 5.38. The lowest BCUT2D eigenvalue weighted by Gasteiger charge is -2.34. The van der Waals surface area contributed by atoms with Crippen LogP contribution in [0.15, 0.2) is 48.5 Å². The maximum absolute atomic E-state index is 12.2. The largest absolute Gasteiger partial charge is 0.360 e. The zero-order valence-corrected chi connectivity index (χ0v) is 14.6. The van der Waals surface area contributed by atoms with E-state index in [0.717, 1.165) is 31.9 Å². The van der Waals surface area contributed by atoms with Crippen LogP contribution in [0.1, 0.15) is 5.56 Å². The SMILES string of the molecule is Cc1ccccc1N1CC[NH+](CC(=O)Nc2cccc(Cl)c2)CC1. The third-order valence-corrected chi connectivity index (χ3v) is 4.68. The van der Waals surface area contributed by atoms with E-state index in [4.69, 9.17) is 11.6 Å². The van der Waals surface area contributed by atoms with Crippen molar-refractivity contribution in [2.24, 2.45) is 0 Å². The van der Waals surface area contributed by atoms with Gasteiger partial charge in [0.1, 0.15) is 0 Å². The van der Waals surface area contributed by atoms with Crippen molar-refractivity contribution in [2.75, 3.05) is 42.9 Å². The van der Waals surface area contributed by atoms with Gasteiger partial charge in [0, 0.05) is 16.4 Å². The van der Waals surface area contributed by atoms with E-state index < -0.39 is 0 Å². The standard InChI is InChI=1S/C19H22ClN3O/c1-15-5-2-3-8-18(15)23-11-9-22(10-12-23)14-19(24)21-17-7-4-6-16(20)13-17/h2-8,13H,9-12,14H2,1H3,(H,21,24)/p+1. The predicted molar refractivity (Wildman–Crippen MR) is 99.0 cm³/mol. The van der Waals surface area contributed by atoms with Gasteiger partial charge in [0.05, 0.1) is 26.2 Å². The molecule has 0 radical (unpaired) electrons. The van der Waals surface area contributed by atoms with Crippen molar-refractivity contribution in [2.45, 2.75) is 6.92 Å². The van der Waals surface area contributed by atoms with E-state index in [1.807, 2.05) is 12.1 Å². The molecule has 1 aliphatic heterocycles. The molecule has 0 spiro atoms. The van der Waals surface area contributed by atoms with Gasteiger partial charge < -0.3 is 15.1 Å². The number of aryl methyl sites for hydroxylation is 1. The van der Waals surface area contributed by atoms with E-state index in [1.165, 1.54) is 16.2 Å². The first-order chi connectivity index (χ1) is 11.6. The van der Waals surface area contributed by atoms with Crippen LogP contribution in [0.5, 0.6) is 0 Å². The number of rotatable bonds is 4.